The van der Waals surface area contributed by atoms with E-state index in [4.69, 9.17) is 0 Å². The smallest absolute Gasteiger partial charge is 0.293 e. The van der Waals surface area contributed by atoms with Crippen molar-refractivity contribution in [2.24, 2.45) is 11.8 Å². The lowest BCUT2D eigenvalue weighted by molar-refractivity contribution is 0.0782. The average molecular weight is 419 g/mol. The van der Waals surface area contributed by atoms with E-state index < -0.39 is 11.7 Å². The minimum Gasteiger partial charge on any atom is -0.338 e. The van der Waals surface area contributed by atoms with Gasteiger partial charge in [-0.15, -0.1) is 10.2 Å². The Labute approximate surface area is 178 Å². The van der Waals surface area contributed by atoms with Crippen LogP contribution in [0.4, 0.5) is 10.1 Å². The molecule has 0 aliphatic carbocycles. The molecule has 0 saturated carbocycles. The Bertz CT molecular complexity index is 1170. The molecule has 8 heteroatoms. The van der Waals surface area contributed by atoms with Crippen LogP contribution in [0.5, 0.6) is 0 Å². The first kappa shape index (κ1) is 19.4. The zero-order chi connectivity index (χ0) is 21.5. The second-order valence-electron chi connectivity index (χ2n) is 8.26. The summed E-state index contributed by atoms with van der Waals surface area (Å²) in [7, 11) is 0. The first-order valence-corrected chi connectivity index (χ1v) is 10.3. The predicted molar refractivity (Wildman–Crippen MR) is 112 cm³/mol. The van der Waals surface area contributed by atoms with E-state index in [1.54, 1.807) is 6.07 Å². The van der Waals surface area contributed by atoms with E-state index in [0.717, 1.165) is 17.0 Å². The van der Waals surface area contributed by atoms with Crippen molar-refractivity contribution >= 4 is 17.5 Å². The molecule has 0 radical (unpaired) electrons. The number of carbonyl (C=O) groups is 2. The van der Waals surface area contributed by atoms with Gasteiger partial charge in [-0.3, -0.25) is 9.59 Å². The highest BCUT2D eigenvalue weighted by Crippen LogP contribution is 2.33. The van der Waals surface area contributed by atoms with Crippen molar-refractivity contribution in [2.45, 2.75) is 19.9 Å². The molecule has 0 spiro atoms. The molecule has 31 heavy (non-hydrogen) atoms. The molecule has 7 nitrogen and oxygen atoms in total. The van der Waals surface area contributed by atoms with Crippen LogP contribution in [-0.2, 0) is 13.0 Å². The van der Waals surface area contributed by atoms with Crippen molar-refractivity contribution in [3.8, 4) is 0 Å². The first-order chi connectivity index (χ1) is 15.0. The van der Waals surface area contributed by atoms with Crippen LogP contribution in [0.3, 0.4) is 0 Å². The van der Waals surface area contributed by atoms with E-state index in [1.807, 2.05) is 40.7 Å². The fourth-order valence-corrected chi connectivity index (χ4v) is 4.59. The summed E-state index contributed by atoms with van der Waals surface area (Å²) in [6.45, 7) is 3.84. The van der Waals surface area contributed by atoms with Crippen molar-refractivity contribution in [3.05, 3.63) is 77.1 Å². The molecule has 0 unspecified atom stereocenters. The molecule has 2 amide bonds. The summed E-state index contributed by atoms with van der Waals surface area (Å²) in [4.78, 5) is 27.7. The minimum atomic E-state index is -0.423. The molecule has 3 aromatic rings. The van der Waals surface area contributed by atoms with Gasteiger partial charge in [0.15, 0.2) is 0 Å². The zero-order valence-corrected chi connectivity index (χ0v) is 17.1. The fraction of sp³-hybridized carbons (Fsp3) is 0.304. The van der Waals surface area contributed by atoms with Gasteiger partial charge in [-0.1, -0.05) is 24.3 Å². The van der Waals surface area contributed by atoms with Crippen LogP contribution in [0, 0.1) is 24.6 Å². The Hall–Kier alpha value is -3.55. The minimum absolute atomic E-state index is 0.0485. The third kappa shape index (κ3) is 3.58. The molecule has 1 N–H and O–H groups in total. The van der Waals surface area contributed by atoms with E-state index in [9.17, 15) is 14.0 Å². The Morgan fingerprint density at radius 2 is 1.84 bits per heavy atom. The Balaban J connectivity index is 1.32. The summed E-state index contributed by atoms with van der Waals surface area (Å²) < 4.78 is 15.2. The number of hydrogen-bond donors (Lipinski definition) is 1. The van der Waals surface area contributed by atoms with E-state index in [-0.39, 0.29) is 17.6 Å². The number of likely N-dealkylation sites (tertiary alicyclic amines) is 1. The molecule has 2 aromatic carbocycles. The molecule has 2 aliphatic heterocycles. The SMILES string of the molecule is Cc1ccccc1C(=O)N1C[C@@H]2Cn3c(nnc3C(=O)Nc3cccc(F)c3)C[C@H]2C1. The first-order valence-electron chi connectivity index (χ1n) is 10.3. The van der Waals surface area contributed by atoms with Gasteiger partial charge in [0.1, 0.15) is 11.6 Å². The highest BCUT2D eigenvalue weighted by Gasteiger charge is 2.41. The maximum absolute atomic E-state index is 13.4. The standard InChI is InChI=1S/C23H22FN5O2/c1-14-5-2-3-8-19(14)23(31)28-11-15-9-20-26-27-21(29(20)13-16(15)12-28)22(30)25-18-7-4-6-17(24)10-18/h2-8,10,15-16H,9,11-13H2,1H3,(H,25,30)/t15-,16+/m0/s1. The number of nitrogens with zero attached hydrogens (tertiary/aromatic N) is 4. The van der Waals surface area contributed by atoms with Crippen LogP contribution >= 0.6 is 0 Å². The van der Waals surface area contributed by atoms with Crippen molar-refractivity contribution in [1.29, 1.82) is 0 Å². The maximum Gasteiger partial charge on any atom is 0.293 e. The maximum atomic E-state index is 13.4. The predicted octanol–water partition coefficient (Wildman–Crippen LogP) is 2.92. The van der Waals surface area contributed by atoms with E-state index >= 15 is 0 Å². The van der Waals surface area contributed by atoms with Crippen molar-refractivity contribution in [3.63, 3.8) is 0 Å². The number of hydrogen-bond acceptors (Lipinski definition) is 4. The lowest BCUT2D eigenvalue weighted by atomic mass is 9.89. The number of rotatable bonds is 3. The Morgan fingerprint density at radius 3 is 2.65 bits per heavy atom. The van der Waals surface area contributed by atoms with Gasteiger partial charge in [-0.05, 0) is 48.6 Å². The molecule has 1 fully saturated rings. The summed E-state index contributed by atoms with van der Waals surface area (Å²) in [6.07, 6.45) is 0.669. The van der Waals surface area contributed by atoms with Gasteiger partial charge in [0.05, 0.1) is 0 Å². The molecule has 2 atom stereocenters. The zero-order valence-electron chi connectivity index (χ0n) is 17.1. The topological polar surface area (TPSA) is 80.1 Å². The van der Waals surface area contributed by atoms with Crippen LogP contribution < -0.4 is 5.32 Å². The van der Waals surface area contributed by atoms with Gasteiger partial charge >= 0.3 is 0 Å². The number of anilines is 1. The molecular formula is C23H22FN5O2. The van der Waals surface area contributed by atoms with Crippen LogP contribution in [0.15, 0.2) is 48.5 Å². The fourth-order valence-electron chi connectivity index (χ4n) is 4.59. The van der Waals surface area contributed by atoms with Gasteiger partial charge in [-0.25, -0.2) is 4.39 Å². The number of amides is 2. The van der Waals surface area contributed by atoms with Crippen molar-refractivity contribution in [1.82, 2.24) is 19.7 Å². The Kier molecular flexibility index (Phi) is 4.77. The number of aryl methyl sites for hydroxylation is 1. The van der Waals surface area contributed by atoms with Crippen LogP contribution in [0.25, 0.3) is 0 Å². The monoisotopic (exact) mass is 419 g/mol. The summed E-state index contributed by atoms with van der Waals surface area (Å²) >= 11 is 0. The summed E-state index contributed by atoms with van der Waals surface area (Å²) in [5, 5.41) is 11.0. The number of carbonyl (C=O) groups excluding carboxylic acids is 2. The van der Waals surface area contributed by atoms with Crippen molar-refractivity contribution in [2.75, 3.05) is 18.4 Å². The molecule has 1 aromatic heterocycles. The van der Waals surface area contributed by atoms with Crippen LogP contribution in [0.2, 0.25) is 0 Å². The molecule has 158 valence electrons. The third-order valence-electron chi connectivity index (χ3n) is 6.21. The molecule has 2 aliphatic rings. The lowest BCUT2D eigenvalue weighted by Gasteiger charge is -2.25. The number of halogens is 1. The van der Waals surface area contributed by atoms with E-state index in [0.29, 0.717) is 37.7 Å². The van der Waals surface area contributed by atoms with Gasteiger partial charge in [0, 0.05) is 37.3 Å². The van der Waals surface area contributed by atoms with Crippen LogP contribution in [0.1, 0.15) is 32.4 Å². The number of fused-ring (bicyclic) bond motifs is 2. The molecule has 0 bridgehead atoms. The number of aromatic nitrogens is 3. The summed E-state index contributed by atoms with van der Waals surface area (Å²) in [6, 6.07) is 13.4. The third-order valence-corrected chi connectivity index (χ3v) is 6.21. The Morgan fingerprint density at radius 1 is 1.03 bits per heavy atom. The molecule has 5 rings (SSSR count). The normalized spacial score (nSPS) is 19.6. The molecule has 3 heterocycles. The second kappa shape index (κ2) is 7.61. The van der Waals surface area contributed by atoms with Gasteiger partial charge < -0.3 is 14.8 Å². The van der Waals surface area contributed by atoms with Gasteiger partial charge in [0.25, 0.3) is 11.8 Å². The largest absolute Gasteiger partial charge is 0.338 e. The number of benzene rings is 2. The quantitative estimate of drug-likeness (QED) is 0.708. The average Bonchev–Trinajstić information content (AvgIpc) is 3.35. The summed E-state index contributed by atoms with van der Waals surface area (Å²) in [5.41, 5.74) is 2.07. The van der Waals surface area contributed by atoms with Gasteiger partial charge in [-0.2, -0.15) is 0 Å². The molecular weight excluding hydrogens is 397 g/mol. The van der Waals surface area contributed by atoms with Crippen LogP contribution in [-0.4, -0.2) is 44.6 Å². The van der Waals surface area contributed by atoms with E-state index in [1.165, 1.54) is 18.2 Å². The van der Waals surface area contributed by atoms with Gasteiger partial charge in [0.2, 0.25) is 5.82 Å². The highest BCUT2D eigenvalue weighted by molar-refractivity contribution is 6.01. The number of nitrogens with one attached hydrogen (secondary N) is 1. The molecule has 1 saturated heterocycles. The second-order valence-corrected chi connectivity index (χ2v) is 8.26. The highest BCUT2D eigenvalue weighted by atomic mass is 19.1. The van der Waals surface area contributed by atoms with E-state index in [2.05, 4.69) is 15.5 Å². The summed E-state index contributed by atoms with van der Waals surface area (Å²) in [5.74, 6) is 0.687. The van der Waals surface area contributed by atoms with Crippen molar-refractivity contribution < 1.29 is 14.0 Å². The lowest BCUT2D eigenvalue weighted by Crippen LogP contribution is -2.31.